The van der Waals surface area contributed by atoms with E-state index >= 15 is 0 Å². The van der Waals surface area contributed by atoms with Gasteiger partial charge in [0.2, 0.25) is 0 Å². The predicted molar refractivity (Wildman–Crippen MR) is 108 cm³/mol. The molecule has 0 unspecified atom stereocenters. The van der Waals surface area contributed by atoms with Gasteiger partial charge in [0.25, 0.3) is 6.33 Å². The number of aromatic nitrogens is 2. The van der Waals surface area contributed by atoms with Gasteiger partial charge >= 0.3 is 0 Å². The summed E-state index contributed by atoms with van der Waals surface area (Å²) in [5.74, 6) is 1.79. The summed E-state index contributed by atoms with van der Waals surface area (Å²) in [6.45, 7) is 2.19. The van der Waals surface area contributed by atoms with Crippen LogP contribution in [0.15, 0.2) is 67.0 Å². The second-order valence-electron chi connectivity index (χ2n) is 7.21. The van der Waals surface area contributed by atoms with E-state index in [0.717, 1.165) is 28.0 Å². The third kappa shape index (κ3) is 1.86. The second-order valence-corrected chi connectivity index (χ2v) is 7.21. The molecule has 1 aliphatic rings. The Morgan fingerprint density at radius 1 is 0.852 bits per heavy atom. The average Bonchev–Trinajstić information content (AvgIpc) is 2.70. The van der Waals surface area contributed by atoms with Crippen LogP contribution in [0, 0.1) is 6.92 Å². The molecular formula is C24H17N2O+. The summed E-state index contributed by atoms with van der Waals surface area (Å²) < 4.78 is 8.49. The Hall–Kier alpha value is -3.46. The lowest BCUT2D eigenvalue weighted by Crippen LogP contribution is -2.32. The Labute approximate surface area is 156 Å². The minimum Gasteiger partial charge on any atom is -0.456 e. The van der Waals surface area contributed by atoms with Crippen LogP contribution in [0.2, 0.25) is 0 Å². The highest BCUT2D eigenvalue weighted by Gasteiger charge is 2.29. The van der Waals surface area contributed by atoms with E-state index in [1.54, 1.807) is 0 Å². The lowest BCUT2D eigenvalue weighted by Gasteiger charge is -2.22. The van der Waals surface area contributed by atoms with Crippen molar-refractivity contribution >= 4 is 32.4 Å². The molecule has 6 rings (SSSR count). The maximum absolute atomic E-state index is 6.39. The topological polar surface area (TPSA) is 26.0 Å². The first-order chi connectivity index (χ1) is 13.2. The zero-order valence-corrected chi connectivity index (χ0v) is 15.2. The molecule has 0 saturated heterocycles. The van der Waals surface area contributed by atoms with Gasteiger partial charge in [-0.1, -0.05) is 42.5 Å². The molecule has 0 fully saturated rings. The summed E-state index contributed by atoms with van der Waals surface area (Å²) in [5, 5.41) is 6.08. The van der Waals surface area contributed by atoms with E-state index in [1.165, 1.54) is 32.8 Å². The number of nitrogens with zero attached hydrogens (tertiary/aromatic N) is 2. The molecule has 0 radical (unpaired) electrons. The van der Waals surface area contributed by atoms with Crippen molar-refractivity contribution in [1.29, 1.82) is 0 Å². The van der Waals surface area contributed by atoms with Crippen molar-refractivity contribution in [3.63, 3.8) is 0 Å². The molecule has 0 saturated carbocycles. The van der Waals surface area contributed by atoms with Crippen LogP contribution >= 0.6 is 0 Å². The molecule has 3 heteroatoms. The molecule has 4 aromatic carbocycles. The number of hydrogen-bond donors (Lipinski definition) is 0. The molecule has 0 bridgehead atoms. The smallest absolute Gasteiger partial charge is 0.287 e. The maximum atomic E-state index is 6.39. The standard InChI is InChI=1S/C24H17N2O/c1-14-16-11-10-15-6-3-4-7-17(15)18(16)12-21-22(14)24-23-19(25-13-26(24)2)8-5-9-20(23)27-21/h3-13H,1-2H3/q+1. The van der Waals surface area contributed by atoms with Crippen LogP contribution in [-0.2, 0) is 7.05 Å². The van der Waals surface area contributed by atoms with Crippen LogP contribution in [0.25, 0.3) is 43.7 Å². The summed E-state index contributed by atoms with van der Waals surface area (Å²) >= 11 is 0. The van der Waals surface area contributed by atoms with E-state index in [4.69, 9.17) is 4.74 Å². The molecule has 5 aromatic rings. The Morgan fingerprint density at radius 3 is 2.67 bits per heavy atom. The highest BCUT2D eigenvalue weighted by Crippen LogP contribution is 2.48. The number of ether oxygens (including phenoxy) is 1. The van der Waals surface area contributed by atoms with Gasteiger partial charge in [0.05, 0.1) is 12.6 Å². The van der Waals surface area contributed by atoms with Crippen LogP contribution < -0.4 is 9.30 Å². The first-order valence-corrected chi connectivity index (χ1v) is 9.13. The summed E-state index contributed by atoms with van der Waals surface area (Å²) in [5.41, 5.74) is 4.53. The van der Waals surface area contributed by atoms with E-state index in [9.17, 15) is 0 Å². The Bertz CT molecular complexity index is 1420. The van der Waals surface area contributed by atoms with Crippen molar-refractivity contribution < 1.29 is 9.30 Å². The fourth-order valence-electron chi connectivity index (χ4n) is 4.43. The van der Waals surface area contributed by atoms with Gasteiger partial charge in [0, 0.05) is 0 Å². The molecule has 0 aliphatic carbocycles. The molecule has 0 atom stereocenters. The van der Waals surface area contributed by atoms with Crippen LogP contribution in [0.4, 0.5) is 0 Å². The highest BCUT2D eigenvalue weighted by atomic mass is 16.5. The maximum Gasteiger partial charge on any atom is 0.287 e. The van der Waals surface area contributed by atoms with Crippen LogP contribution in [0.3, 0.4) is 0 Å². The molecule has 0 N–H and O–H groups in total. The number of aryl methyl sites for hydroxylation is 2. The monoisotopic (exact) mass is 349 g/mol. The van der Waals surface area contributed by atoms with Gasteiger partial charge in [0.15, 0.2) is 11.2 Å². The minimum absolute atomic E-state index is 0.873. The molecule has 128 valence electrons. The minimum atomic E-state index is 0.873. The third-order valence-corrected chi connectivity index (χ3v) is 5.69. The van der Waals surface area contributed by atoms with E-state index < -0.39 is 0 Å². The average molecular weight is 349 g/mol. The Balaban J connectivity index is 1.82. The van der Waals surface area contributed by atoms with Crippen molar-refractivity contribution in [1.82, 2.24) is 4.98 Å². The van der Waals surface area contributed by atoms with Gasteiger partial charge in [-0.25, -0.2) is 4.57 Å². The number of benzene rings is 4. The molecule has 1 aliphatic heterocycles. The van der Waals surface area contributed by atoms with E-state index in [0.29, 0.717) is 0 Å². The molecule has 27 heavy (non-hydrogen) atoms. The lowest BCUT2D eigenvalue weighted by molar-refractivity contribution is -0.662. The second kappa shape index (κ2) is 5.04. The van der Waals surface area contributed by atoms with Crippen molar-refractivity contribution in [3.05, 3.63) is 72.6 Å². The van der Waals surface area contributed by atoms with Gasteiger partial charge in [0.1, 0.15) is 16.9 Å². The first-order valence-electron chi connectivity index (χ1n) is 9.13. The summed E-state index contributed by atoms with van der Waals surface area (Å²) in [7, 11) is 2.05. The fourth-order valence-corrected chi connectivity index (χ4v) is 4.43. The van der Waals surface area contributed by atoms with Crippen LogP contribution in [0.5, 0.6) is 11.5 Å². The quantitative estimate of drug-likeness (QED) is 0.269. The Kier molecular flexibility index (Phi) is 2.74. The Morgan fingerprint density at radius 2 is 1.74 bits per heavy atom. The van der Waals surface area contributed by atoms with E-state index in [-0.39, 0.29) is 0 Å². The molecular weight excluding hydrogens is 332 g/mol. The van der Waals surface area contributed by atoms with Crippen molar-refractivity contribution in [3.8, 4) is 22.8 Å². The molecule has 0 spiro atoms. The highest BCUT2D eigenvalue weighted by molar-refractivity contribution is 6.12. The van der Waals surface area contributed by atoms with Gasteiger partial charge < -0.3 is 4.74 Å². The van der Waals surface area contributed by atoms with Crippen molar-refractivity contribution in [2.75, 3.05) is 0 Å². The number of rotatable bonds is 0. The summed E-state index contributed by atoms with van der Waals surface area (Å²) in [6, 6.07) is 21.2. The predicted octanol–water partition coefficient (Wildman–Crippen LogP) is 5.45. The lowest BCUT2D eigenvalue weighted by atomic mass is 9.91. The zero-order chi connectivity index (χ0) is 18.1. The SMILES string of the molecule is Cc1c2c(cc3c1ccc1ccccc13)Oc1cccc3nc[n+](C)c-2c13. The van der Waals surface area contributed by atoms with Crippen molar-refractivity contribution in [2.45, 2.75) is 6.92 Å². The van der Waals surface area contributed by atoms with E-state index in [2.05, 4.69) is 66.0 Å². The fraction of sp³-hybridized carbons (Fsp3) is 0.0833. The van der Waals surface area contributed by atoms with Crippen LogP contribution in [-0.4, -0.2) is 4.98 Å². The molecule has 2 heterocycles. The molecule has 1 aromatic heterocycles. The van der Waals surface area contributed by atoms with Gasteiger partial charge in [-0.05, 0) is 57.2 Å². The normalized spacial score (nSPS) is 12.4. The van der Waals surface area contributed by atoms with Gasteiger partial charge in [-0.15, -0.1) is 0 Å². The summed E-state index contributed by atoms with van der Waals surface area (Å²) in [6.07, 6.45) is 1.89. The third-order valence-electron chi connectivity index (χ3n) is 5.69. The number of fused-ring (bicyclic) bond motifs is 5. The zero-order valence-electron chi connectivity index (χ0n) is 15.2. The molecule has 3 nitrogen and oxygen atoms in total. The molecule has 0 amide bonds. The van der Waals surface area contributed by atoms with Gasteiger partial charge in [-0.3, -0.25) is 0 Å². The van der Waals surface area contributed by atoms with Crippen LogP contribution in [0.1, 0.15) is 5.56 Å². The largest absolute Gasteiger partial charge is 0.456 e. The summed E-state index contributed by atoms with van der Waals surface area (Å²) in [4.78, 5) is 4.57. The first kappa shape index (κ1) is 14.7. The number of hydrogen-bond acceptors (Lipinski definition) is 2. The van der Waals surface area contributed by atoms with Gasteiger partial charge in [-0.2, -0.15) is 0 Å². The van der Waals surface area contributed by atoms with E-state index in [1.807, 2.05) is 24.5 Å². The van der Waals surface area contributed by atoms with Crippen molar-refractivity contribution in [2.24, 2.45) is 7.05 Å².